The van der Waals surface area contributed by atoms with Crippen molar-refractivity contribution in [1.82, 2.24) is 29.4 Å². The second-order valence-electron chi connectivity index (χ2n) is 14.0. The van der Waals surface area contributed by atoms with Crippen molar-refractivity contribution in [1.29, 1.82) is 0 Å². The van der Waals surface area contributed by atoms with Gasteiger partial charge in [0.25, 0.3) is 11.8 Å². The Morgan fingerprint density at radius 3 is 2.31 bits per heavy atom. The Balaban J connectivity index is 0.894. The predicted molar refractivity (Wildman–Crippen MR) is 209 cm³/mol. The van der Waals surface area contributed by atoms with Crippen LogP contribution in [0.15, 0.2) is 42.7 Å². The fourth-order valence-corrected chi connectivity index (χ4v) is 6.88. The molecule has 0 bridgehead atoms. The molecule has 4 aromatic rings. The predicted octanol–water partition coefficient (Wildman–Crippen LogP) is 3.10. The number of imidazole rings is 1. The van der Waals surface area contributed by atoms with Gasteiger partial charge in [0.15, 0.2) is 0 Å². The van der Waals surface area contributed by atoms with E-state index in [1.807, 2.05) is 12.1 Å². The van der Waals surface area contributed by atoms with E-state index >= 15 is 0 Å². The van der Waals surface area contributed by atoms with Gasteiger partial charge in [0, 0.05) is 44.9 Å². The third kappa shape index (κ3) is 10.2. The van der Waals surface area contributed by atoms with Gasteiger partial charge in [0.05, 0.1) is 62.0 Å². The summed E-state index contributed by atoms with van der Waals surface area (Å²) in [5, 5.41) is 12.3. The number of aliphatic carboxylic acids is 1. The highest BCUT2D eigenvalue weighted by molar-refractivity contribution is 6.23. The Bertz CT molecular complexity index is 2090. The van der Waals surface area contributed by atoms with Crippen LogP contribution >= 0.6 is 0 Å². The molecule has 0 spiro atoms. The third-order valence-corrected chi connectivity index (χ3v) is 9.76. The number of benzene rings is 1. The molecule has 1 aromatic carbocycles. The van der Waals surface area contributed by atoms with Gasteiger partial charge >= 0.3 is 5.97 Å². The van der Waals surface area contributed by atoms with Crippen molar-refractivity contribution in [2.24, 2.45) is 5.73 Å². The zero-order valence-corrected chi connectivity index (χ0v) is 32.8. The summed E-state index contributed by atoms with van der Waals surface area (Å²) in [6.45, 7) is 7.91. The summed E-state index contributed by atoms with van der Waals surface area (Å²) < 4.78 is 30.5. The number of amides is 3. The van der Waals surface area contributed by atoms with Crippen molar-refractivity contribution >= 4 is 52.3 Å². The van der Waals surface area contributed by atoms with E-state index in [0.29, 0.717) is 61.3 Å². The number of carboxylic acids is 1. The van der Waals surface area contributed by atoms with Gasteiger partial charge in [-0.15, -0.1) is 0 Å². The lowest BCUT2D eigenvalue weighted by molar-refractivity contribution is -0.137. The van der Waals surface area contributed by atoms with Crippen LogP contribution in [0.25, 0.3) is 11.0 Å². The lowest BCUT2D eigenvalue weighted by Crippen LogP contribution is -2.48. The fourth-order valence-electron chi connectivity index (χ4n) is 6.88. The molecule has 3 aromatic heterocycles. The van der Waals surface area contributed by atoms with Gasteiger partial charge in [-0.05, 0) is 57.4 Å². The molecule has 2 aliphatic rings. The maximum atomic E-state index is 13.0. The van der Waals surface area contributed by atoms with Crippen LogP contribution in [-0.4, -0.2) is 130 Å². The molecular formula is C39H49N9O10. The first kappa shape index (κ1) is 41.9. The van der Waals surface area contributed by atoms with E-state index in [4.69, 9.17) is 44.5 Å². The number of carbonyl (C=O) groups excluding carboxylic acids is 3. The normalized spacial score (nSPS) is 15.0. The molecule has 1 atom stereocenters. The van der Waals surface area contributed by atoms with Gasteiger partial charge in [0.1, 0.15) is 48.0 Å². The summed E-state index contributed by atoms with van der Waals surface area (Å²) in [7, 11) is 1.75. The Labute approximate surface area is 334 Å². The topological polar surface area (TPSA) is 236 Å². The number of anilines is 3. The zero-order chi connectivity index (χ0) is 41.2. The molecule has 3 amide bonds. The summed E-state index contributed by atoms with van der Waals surface area (Å²) in [4.78, 5) is 70.3. The van der Waals surface area contributed by atoms with Crippen LogP contribution < -0.4 is 20.7 Å². The van der Waals surface area contributed by atoms with Crippen molar-refractivity contribution in [3.05, 3.63) is 59.7 Å². The zero-order valence-electron chi connectivity index (χ0n) is 32.8. The molecule has 1 fully saturated rings. The van der Waals surface area contributed by atoms with Crippen LogP contribution in [0.1, 0.15) is 72.1 Å². The van der Waals surface area contributed by atoms with Gasteiger partial charge < -0.3 is 49.3 Å². The van der Waals surface area contributed by atoms with Crippen molar-refractivity contribution in [3.63, 3.8) is 0 Å². The maximum absolute atomic E-state index is 13.0. The number of pyridine rings is 1. The number of nitrogens with two attached hydrogens (primary N) is 1. The summed E-state index contributed by atoms with van der Waals surface area (Å²) in [5.74, 6) is -0.519. The lowest BCUT2D eigenvalue weighted by atomic mass is 10.1. The first-order valence-corrected chi connectivity index (χ1v) is 19.2. The number of imide groups is 1. The second kappa shape index (κ2) is 19.6. The quantitative estimate of drug-likeness (QED) is 0.0765. The first-order valence-electron chi connectivity index (χ1n) is 19.2. The van der Waals surface area contributed by atoms with Crippen molar-refractivity contribution in [2.75, 3.05) is 70.1 Å². The Hall–Kier alpha value is -5.76. The Kier molecular flexibility index (Phi) is 14.1. The SMILES string of the molecule is COC1CCN(c2nccc(Nc3cc4c(cn3)nc(COCCOCCOCCOc3ccc5c(c3)C(=O)N(C(CCC(=O)O)C(N)=O)C5=O)n4C(C)C)n2)CC1. The maximum Gasteiger partial charge on any atom is 0.303 e. The number of methoxy groups -OCH3 is 1. The molecule has 19 heteroatoms. The molecule has 2 aliphatic heterocycles. The van der Waals surface area contributed by atoms with Crippen LogP contribution in [0.5, 0.6) is 5.75 Å². The molecule has 19 nitrogen and oxygen atoms in total. The van der Waals surface area contributed by atoms with Crippen molar-refractivity contribution in [3.8, 4) is 5.75 Å². The van der Waals surface area contributed by atoms with E-state index in [1.54, 1.807) is 19.5 Å². The highest BCUT2D eigenvalue weighted by Crippen LogP contribution is 2.30. The number of hydrogen-bond acceptors (Lipinski definition) is 15. The largest absolute Gasteiger partial charge is 0.491 e. The van der Waals surface area contributed by atoms with E-state index < -0.39 is 36.2 Å². The molecular weight excluding hydrogens is 754 g/mol. The number of fused-ring (bicyclic) bond motifs is 2. The fraction of sp³-hybridized carbons (Fsp3) is 0.487. The number of carbonyl (C=O) groups is 4. The number of piperidine rings is 1. The number of hydrogen-bond donors (Lipinski definition) is 3. The molecule has 4 N–H and O–H groups in total. The molecule has 0 saturated carbocycles. The van der Waals surface area contributed by atoms with E-state index in [-0.39, 0.29) is 42.9 Å². The number of rotatable bonds is 22. The highest BCUT2D eigenvalue weighted by Gasteiger charge is 2.42. The van der Waals surface area contributed by atoms with E-state index in [0.717, 1.165) is 42.8 Å². The van der Waals surface area contributed by atoms with Crippen LogP contribution in [0, 0.1) is 0 Å². The average molecular weight is 804 g/mol. The molecule has 1 saturated heterocycles. The average Bonchev–Trinajstić information content (AvgIpc) is 3.69. The van der Waals surface area contributed by atoms with Crippen molar-refractivity contribution < 1.29 is 48.0 Å². The van der Waals surface area contributed by atoms with Crippen LogP contribution in [0.2, 0.25) is 0 Å². The molecule has 5 heterocycles. The number of aromatic nitrogens is 5. The summed E-state index contributed by atoms with van der Waals surface area (Å²) in [6, 6.07) is 6.88. The minimum absolute atomic E-state index is 0.0453. The number of carboxylic acid groups (broad SMARTS) is 1. The van der Waals surface area contributed by atoms with Gasteiger partial charge in [-0.3, -0.25) is 24.1 Å². The van der Waals surface area contributed by atoms with Gasteiger partial charge in [0.2, 0.25) is 11.9 Å². The van der Waals surface area contributed by atoms with Crippen LogP contribution in [0.4, 0.5) is 17.6 Å². The van der Waals surface area contributed by atoms with E-state index in [2.05, 4.69) is 38.6 Å². The van der Waals surface area contributed by atoms with Gasteiger partial charge in [-0.2, -0.15) is 4.98 Å². The van der Waals surface area contributed by atoms with Crippen LogP contribution in [-0.2, 0) is 35.1 Å². The van der Waals surface area contributed by atoms with E-state index in [1.165, 1.54) is 18.2 Å². The number of nitrogens with one attached hydrogen (secondary N) is 1. The minimum atomic E-state index is -1.37. The number of primary amides is 1. The number of ether oxygens (including phenoxy) is 5. The molecule has 310 valence electrons. The standard InChI is InChI=1S/C39H49N9O10/c1-24(2)47-31-21-33(44-32-8-11-41-39(45-32)46-12-9-25(54-3)10-13-46)42-22-29(31)43-34(47)23-57-17-16-55-14-15-56-18-19-58-26-4-5-27-28(20-26)38(53)48(37(27)52)30(36(40)51)6-7-35(49)50/h4-5,8,11,20-22,24-25,30H,6-7,9-10,12-19,23H2,1-3H3,(H2,40,51)(H,49,50)(H,41,42,44,45). The lowest BCUT2D eigenvalue weighted by Gasteiger charge is -2.31. The van der Waals surface area contributed by atoms with Crippen molar-refractivity contribution in [2.45, 2.75) is 64.3 Å². The third-order valence-electron chi connectivity index (χ3n) is 9.76. The molecule has 6 rings (SSSR count). The summed E-state index contributed by atoms with van der Waals surface area (Å²) >= 11 is 0. The second-order valence-corrected chi connectivity index (χ2v) is 14.0. The van der Waals surface area contributed by atoms with Crippen LogP contribution in [0.3, 0.4) is 0 Å². The summed E-state index contributed by atoms with van der Waals surface area (Å²) in [5.41, 5.74) is 7.19. The molecule has 0 radical (unpaired) electrons. The Morgan fingerprint density at radius 1 is 0.914 bits per heavy atom. The Morgan fingerprint density at radius 2 is 1.62 bits per heavy atom. The first-order chi connectivity index (χ1) is 28.0. The smallest absolute Gasteiger partial charge is 0.303 e. The van der Waals surface area contributed by atoms with Gasteiger partial charge in [-0.25, -0.2) is 15.0 Å². The molecule has 58 heavy (non-hydrogen) atoms. The number of nitrogens with zero attached hydrogens (tertiary/aromatic N) is 7. The van der Waals surface area contributed by atoms with E-state index in [9.17, 15) is 19.2 Å². The van der Waals surface area contributed by atoms with Gasteiger partial charge in [-0.1, -0.05) is 0 Å². The minimum Gasteiger partial charge on any atom is -0.491 e. The summed E-state index contributed by atoms with van der Waals surface area (Å²) in [6.07, 6.45) is 4.92. The highest BCUT2D eigenvalue weighted by atomic mass is 16.6. The monoisotopic (exact) mass is 803 g/mol. The molecule has 0 aliphatic carbocycles. The molecule has 1 unspecified atom stereocenters.